The minimum Gasteiger partial charge on any atom is -0.297 e. The fourth-order valence-corrected chi connectivity index (χ4v) is 3.29. The first-order valence-corrected chi connectivity index (χ1v) is 8.25. The Kier molecular flexibility index (Phi) is 4.10. The Morgan fingerprint density at radius 3 is 2.50 bits per heavy atom. The van der Waals surface area contributed by atoms with Crippen molar-refractivity contribution in [1.29, 1.82) is 0 Å². The van der Waals surface area contributed by atoms with Crippen LogP contribution in [0.1, 0.15) is 54.2 Å². The summed E-state index contributed by atoms with van der Waals surface area (Å²) in [7, 11) is 0. The summed E-state index contributed by atoms with van der Waals surface area (Å²) in [6, 6.07) is -0.512. The molecule has 1 aliphatic carbocycles. The lowest BCUT2D eigenvalue weighted by atomic mass is 10.3. The second-order valence-corrected chi connectivity index (χ2v) is 7.12. The summed E-state index contributed by atoms with van der Waals surface area (Å²) < 4.78 is 40.8. The molecule has 24 heavy (non-hydrogen) atoms. The number of hydrogen-bond donors (Lipinski definition) is 0. The highest BCUT2D eigenvalue weighted by atomic mass is 32.1. The Bertz CT molecular complexity index is 877. The largest absolute Gasteiger partial charge is 0.423 e. The third kappa shape index (κ3) is 3.14. The first-order valence-electron chi connectivity index (χ1n) is 7.44. The molecule has 10 heteroatoms. The average molecular weight is 360 g/mol. The van der Waals surface area contributed by atoms with Crippen LogP contribution < -0.4 is 11.2 Å². The zero-order valence-corrected chi connectivity index (χ0v) is 13.8. The predicted molar refractivity (Wildman–Crippen MR) is 81.3 cm³/mol. The van der Waals surface area contributed by atoms with Crippen molar-refractivity contribution in [2.45, 2.75) is 51.4 Å². The van der Waals surface area contributed by atoms with Gasteiger partial charge in [-0.2, -0.15) is 13.2 Å². The monoisotopic (exact) mass is 360 g/mol. The molecule has 2 aromatic heterocycles. The van der Waals surface area contributed by atoms with Crippen LogP contribution >= 0.6 is 11.3 Å². The van der Waals surface area contributed by atoms with Crippen LogP contribution in [0.5, 0.6) is 0 Å². The topological polar surface area (TPSA) is 69.8 Å². The molecule has 2 heterocycles. The number of rotatable bonds is 4. The molecular weight excluding hydrogens is 345 g/mol. The van der Waals surface area contributed by atoms with Gasteiger partial charge in [0.1, 0.15) is 15.6 Å². The highest BCUT2D eigenvalue weighted by Gasteiger charge is 2.36. The normalized spacial score (nSPS) is 15.2. The Balaban J connectivity index is 2.09. The molecule has 0 atom stereocenters. The van der Waals surface area contributed by atoms with E-state index in [1.54, 1.807) is 13.8 Å². The van der Waals surface area contributed by atoms with Crippen molar-refractivity contribution >= 4 is 11.3 Å². The van der Waals surface area contributed by atoms with Crippen LogP contribution in [0.4, 0.5) is 13.2 Å². The Labute approximate surface area is 138 Å². The van der Waals surface area contributed by atoms with Crippen LogP contribution in [0.3, 0.4) is 0 Å². The molecule has 1 fully saturated rings. The zero-order chi connectivity index (χ0) is 17.6. The maximum Gasteiger partial charge on any atom is 0.423 e. The van der Waals surface area contributed by atoms with E-state index >= 15 is 0 Å². The van der Waals surface area contributed by atoms with E-state index in [1.165, 1.54) is 11.3 Å². The fraction of sp³-hybridized carbons (Fsp3) is 0.571. The van der Waals surface area contributed by atoms with Crippen LogP contribution in [0.15, 0.2) is 15.8 Å². The standard InChI is InChI=1S/C14H15F3N4O2S/c1-7(2)20-5-9(14(15,16)17)12(22)21(13(20)23)6-10-18-19-11(24-10)8-3-4-8/h5,7-8H,3-4,6H2,1-2H3. The summed E-state index contributed by atoms with van der Waals surface area (Å²) in [5, 5.41) is 9.04. The van der Waals surface area contributed by atoms with E-state index in [2.05, 4.69) is 10.2 Å². The van der Waals surface area contributed by atoms with Gasteiger partial charge in [-0.25, -0.2) is 4.79 Å². The summed E-state index contributed by atoms with van der Waals surface area (Å²) in [6.45, 7) is 2.84. The third-order valence-electron chi connectivity index (χ3n) is 3.76. The smallest absolute Gasteiger partial charge is 0.297 e. The SMILES string of the molecule is CC(C)n1cc(C(F)(F)F)c(=O)n(Cc2nnc(C3CC3)s2)c1=O. The molecule has 3 rings (SSSR count). The molecule has 1 aliphatic rings. The van der Waals surface area contributed by atoms with E-state index in [4.69, 9.17) is 0 Å². The number of halogens is 3. The van der Waals surface area contributed by atoms with E-state index in [0.717, 1.165) is 22.4 Å². The van der Waals surface area contributed by atoms with Crippen LogP contribution in [0, 0.1) is 0 Å². The molecule has 0 aliphatic heterocycles. The van der Waals surface area contributed by atoms with Crippen molar-refractivity contribution in [2.75, 3.05) is 0 Å². The second-order valence-electron chi connectivity index (χ2n) is 6.02. The molecule has 0 saturated heterocycles. The molecule has 0 N–H and O–H groups in total. The Morgan fingerprint density at radius 1 is 1.29 bits per heavy atom. The lowest BCUT2D eigenvalue weighted by Crippen LogP contribution is -2.43. The summed E-state index contributed by atoms with van der Waals surface area (Å²) >= 11 is 1.23. The fourth-order valence-electron chi connectivity index (χ4n) is 2.29. The van der Waals surface area contributed by atoms with Crippen molar-refractivity contribution < 1.29 is 13.2 Å². The van der Waals surface area contributed by atoms with Gasteiger partial charge in [-0.05, 0) is 26.7 Å². The molecule has 0 spiro atoms. The Morgan fingerprint density at radius 2 is 1.96 bits per heavy atom. The number of alkyl halides is 3. The minimum atomic E-state index is -4.83. The molecule has 1 saturated carbocycles. The van der Waals surface area contributed by atoms with Gasteiger partial charge in [-0.3, -0.25) is 13.9 Å². The van der Waals surface area contributed by atoms with Gasteiger partial charge in [0.2, 0.25) is 0 Å². The summed E-state index contributed by atoms with van der Waals surface area (Å²) in [4.78, 5) is 24.5. The molecular formula is C14H15F3N4O2S. The molecule has 0 bridgehead atoms. The highest BCUT2D eigenvalue weighted by molar-refractivity contribution is 7.11. The molecule has 0 amide bonds. The van der Waals surface area contributed by atoms with Crippen molar-refractivity contribution in [3.8, 4) is 0 Å². The summed E-state index contributed by atoms with van der Waals surface area (Å²) in [6.07, 6.45) is -2.22. The maximum atomic E-state index is 13.1. The maximum absolute atomic E-state index is 13.1. The molecule has 2 aromatic rings. The van der Waals surface area contributed by atoms with Crippen molar-refractivity contribution in [2.24, 2.45) is 0 Å². The van der Waals surface area contributed by atoms with Crippen molar-refractivity contribution in [1.82, 2.24) is 19.3 Å². The van der Waals surface area contributed by atoms with Crippen LogP contribution in [0.2, 0.25) is 0 Å². The predicted octanol–water partition coefficient (Wildman–Crippen LogP) is 2.39. The van der Waals surface area contributed by atoms with Gasteiger partial charge in [-0.15, -0.1) is 10.2 Å². The molecule has 6 nitrogen and oxygen atoms in total. The molecule has 0 aromatic carbocycles. The van der Waals surface area contributed by atoms with Gasteiger partial charge in [0, 0.05) is 18.2 Å². The molecule has 130 valence electrons. The first kappa shape index (κ1) is 16.9. The van der Waals surface area contributed by atoms with Gasteiger partial charge < -0.3 is 0 Å². The molecule has 0 unspecified atom stereocenters. The lowest BCUT2D eigenvalue weighted by Gasteiger charge is -2.16. The van der Waals surface area contributed by atoms with E-state index in [9.17, 15) is 22.8 Å². The second kappa shape index (κ2) is 5.83. The van der Waals surface area contributed by atoms with Gasteiger partial charge in [0.15, 0.2) is 0 Å². The number of aromatic nitrogens is 4. The average Bonchev–Trinajstić information content (AvgIpc) is 3.21. The van der Waals surface area contributed by atoms with Gasteiger partial charge in [0.05, 0.1) is 6.54 Å². The first-order chi connectivity index (χ1) is 11.2. The molecule has 0 radical (unpaired) electrons. The highest BCUT2D eigenvalue weighted by Crippen LogP contribution is 2.41. The minimum absolute atomic E-state index is 0.307. The zero-order valence-electron chi connectivity index (χ0n) is 13.0. The Hall–Kier alpha value is -1.97. The van der Waals surface area contributed by atoms with E-state index in [0.29, 0.717) is 21.7 Å². The van der Waals surface area contributed by atoms with Crippen molar-refractivity contribution in [3.63, 3.8) is 0 Å². The van der Waals surface area contributed by atoms with Crippen LogP contribution in [0.25, 0.3) is 0 Å². The van der Waals surface area contributed by atoms with Gasteiger partial charge in [0.25, 0.3) is 5.56 Å². The van der Waals surface area contributed by atoms with Crippen molar-refractivity contribution in [3.05, 3.63) is 42.6 Å². The quantitative estimate of drug-likeness (QED) is 0.839. The van der Waals surface area contributed by atoms with Crippen LogP contribution in [-0.4, -0.2) is 19.3 Å². The van der Waals surface area contributed by atoms with Crippen LogP contribution in [-0.2, 0) is 12.7 Å². The lowest BCUT2D eigenvalue weighted by molar-refractivity contribution is -0.139. The van der Waals surface area contributed by atoms with E-state index < -0.39 is 29.0 Å². The van der Waals surface area contributed by atoms with E-state index in [-0.39, 0.29) is 6.54 Å². The van der Waals surface area contributed by atoms with Gasteiger partial charge >= 0.3 is 11.9 Å². The van der Waals surface area contributed by atoms with E-state index in [1.807, 2.05) is 0 Å². The summed E-state index contributed by atoms with van der Waals surface area (Å²) in [5.74, 6) is 0.349. The third-order valence-corrected chi connectivity index (χ3v) is 4.83. The summed E-state index contributed by atoms with van der Waals surface area (Å²) in [5.41, 5.74) is -3.50. The number of hydrogen-bond acceptors (Lipinski definition) is 5. The van der Waals surface area contributed by atoms with Gasteiger partial charge in [-0.1, -0.05) is 11.3 Å². The number of nitrogens with zero attached hydrogens (tertiary/aromatic N) is 4.